The molecule has 2 N–H and O–H groups in total. The van der Waals surface area contributed by atoms with Gasteiger partial charge in [-0.3, -0.25) is 4.90 Å². The quantitative estimate of drug-likeness (QED) is 0.834. The van der Waals surface area contributed by atoms with E-state index in [2.05, 4.69) is 21.6 Å². The van der Waals surface area contributed by atoms with Crippen molar-refractivity contribution in [3.63, 3.8) is 0 Å². The molecule has 0 unspecified atom stereocenters. The van der Waals surface area contributed by atoms with E-state index in [4.69, 9.17) is 4.74 Å². The molecule has 2 amide bonds. The van der Waals surface area contributed by atoms with Crippen LogP contribution < -0.4 is 10.6 Å². The second kappa shape index (κ2) is 6.98. The molecular formula is C13H18N3O2. The Morgan fingerprint density at radius 3 is 2.78 bits per heavy atom. The van der Waals surface area contributed by atoms with Crippen molar-refractivity contribution in [2.75, 3.05) is 44.7 Å². The zero-order valence-corrected chi connectivity index (χ0v) is 10.3. The normalized spacial score (nSPS) is 16.2. The molecule has 18 heavy (non-hydrogen) atoms. The summed E-state index contributed by atoms with van der Waals surface area (Å²) in [5.74, 6) is 0. The van der Waals surface area contributed by atoms with E-state index in [0.29, 0.717) is 6.54 Å². The maximum atomic E-state index is 11.6. The summed E-state index contributed by atoms with van der Waals surface area (Å²) in [5.41, 5.74) is 0.776. The summed E-state index contributed by atoms with van der Waals surface area (Å²) in [6.45, 7) is 4.96. The number of nitrogens with zero attached hydrogens (tertiary/aromatic N) is 1. The highest BCUT2D eigenvalue weighted by molar-refractivity contribution is 5.89. The lowest BCUT2D eigenvalue weighted by Gasteiger charge is -2.26. The number of urea groups is 1. The SMILES string of the molecule is O=C(NCCN1CCOCC1)Nc1cc[c]cc1. The number of ether oxygens (including phenoxy) is 1. The molecule has 0 atom stereocenters. The van der Waals surface area contributed by atoms with Crippen LogP contribution in [0.5, 0.6) is 0 Å². The van der Waals surface area contributed by atoms with Crippen LogP contribution in [0, 0.1) is 6.07 Å². The molecule has 0 aromatic heterocycles. The molecule has 97 valence electrons. The molecule has 5 nitrogen and oxygen atoms in total. The fourth-order valence-corrected chi connectivity index (χ4v) is 1.80. The first-order valence-electron chi connectivity index (χ1n) is 6.16. The minimum absolute atomic E-state index is 0.172. The molecular weight excluding hydrogens is 230 g/mol. The van der Waals surface area contributed by atoms with Crippen LogP contribution >= 0.6 is 0 Å². The Labute approximate surface area is 107 Å². The average molecular weight is 248 g/mol. The zero-order valence-electron chi connectivity index (χ0n) is 10.3. The van der Waals surface area contributed by atoms with E-state index >= 15 is 0 Å². The summed E-state index contributed by atoms with van der Waals surface area (Å²) < 4.78 is 5.26. The van der Waals surface area contributed by atoms with Gasteiger partial charge >= 0.3 is 6.03 Å². The monoisotopic (exact) mass is 248 g/mol. The van der Waals surface area contributed by atoms with Crippen molar-refractivity contribution in [3.8, 4) is 0 Å². The fraction of sp³-hybridized carbons (Fsp3) is 0.462. The average Bonchev–Trinajstić information content (AvgIpc) is 2.41. The molecule has 1 aliphatic heterocycles. The van der Waals surface area contributed by atoms with Crippen LogP contribution in [0.25, 0.3) is 0 Å². The number of nitrogens with one attached hydrogen (secondary N) is 2. The van der Waals surface area contributed by atoms with Crippen LogP contribution in [-0.4, -0.2) is 50.3 Å². The zero-order chi connectivity index (χ0) is 12.6. The summed E-state index contributed by atoms with van der Waals surface area (Å²) >= 11 is 0. The third-order valence-corrected chi connectivity index (χ3v) is 2.79. The summed E-state index contributed by atoms with van der Waals surface area (Å²) in [7, 11) is 0. The lowest BCUT2D eigenvalue weighted by Crippen LogP contribution is -2.42. The fourth-order valence-electron chi connectivity index (χ4n) is 1.80. The Balaban J connectivity index is 1.62. The Morgan fingerprint density at radius 1 is 1.33 bits per heavy atom. The number of anilines is 1. The van der Waals surface area contributed by atoms with Crippen LogP contribution in [0.1, 0.15) is 0 Å². The van der Waals surface area contributed by atoms with E-state index in [1.54, 1.807) is 12.1 Å². The lowest BCUT2D eigenvalue weighted by molar-refractivity contribution is 0.0388. The van der Waals surface area contributed by atoms with E-state index in [9.17, 15) is 4.79 Å². The van der Waals surface area contributed by atoms with Gasteiger partial charge < -0.3 is 15.4 Å². The van der Waals surface area contributed by atoms with Crippen molar-refractivity contribution in [2.45, 2.75) is 0 Å². The first-order chi connectivity index (χ1) is 8.84. The largest absolute Gasteiger partial charge is 0.379 e. The Hall–Kier alpha value is -1.59. The van der Waals surface area contributed by atoms with Gasteiger partial charge in [0, 0.05) is 31.9 Å². The van der Waals surface area contributed by atoms with Gasteiger partial charge in [0.1, 0.15) is 0 Å². The van der Waals surface area contributed by atoms with Crippen molar-refractivity contribution in [2.24, 2.45) is 0 Å². The lowest BCUT2D eigenvalue weighted by atomic mass is 10.3. The van der Waals surface area contributed by atoms with Crippen molar-refractivity contribution < 1.29 is 9.53 Å². The summed E-state index contributed by atoms with van der Waals surface area (Å²) in [4.78, 5) is 13.9. The third kappa shape index (κ3) is 4.35. The number of carbonyl (C=O) groups is 1. The molecule has 1 fully saturated rings. The van der Waals surface area contributed by atoms with E-state index < -0.39 is 0 Å². The van der Waals surface area contributed by atoms with Gasteiger partial charge in [-0.2, -0.15) is 0 Å². The van der Waals surface area contributed by atoms with Gasteiger partial charge in [0.2, 0.25) is 0 Å². The summed E-state index contributed by atoms with van der Waals surface area (Å²) in [5, 5.41) is 5.60. The minimum atomic E-state index is -0.172. The molecule has 1 heterocycles. The highest BCUT2D eigenvalue weighted by atomic mass is 16.5. The van der Waals surface area contributed by atoms with E-state index in [0.717, 1.165) is 38.5 Å². The van der Waals surface area contributed by atoms with Crippen molar-refractivity contribution in [1.29, 1.82) is 0 Å². The molecule has 1 aromatic rings. The van der Waals surface area contributed by atoms with Crippen LogP contribution in [0.4, 0.5) is 10.5 Å². The van der Waals surface area contributed by atoms with Crippen LogP contribution in [0.15, 0.2) is 24.3 Å². The van der Waals surface area contributed by atoms with Crippen LogP contribution in [-0.2, 0) is 4.74 Å². The van der Waals surface area contributed by atoms with Crippen molar-refractivity contribution in [1.82, 2.24) is 10.2 Å². The van der Waals surface area contributed by atoms with E-state index in [1.807, 2.05) is 12.1 Å². The second-order valence-electron chi connectivity index (χ2n) is 4.12. The van der Waals surface area contributed by atoms with Gasteiger partial charge in [-0.15, -0.1) is 0 Å². The topological polar surface area (TPSA) is 53.6 Å². The van der Waals surface area contributed by atoms with Crippen LogP contribution in [0.3, 0.4) is 0 Å². The second-order valence-corrected chi connectivity index (χ2v) is 4.12. The third-order valence-electron chi connectivity index (χ3n) is 2.79. The molecule has 0 bridgehead atoms. The molecule has 0 saturated carbocycles. The van der Waals surface area contributed by atoms with Crippen LogP contribution in [0.2, 0.25) is 0 Å². The van der Waals surface area contributed by atoms with Crippen molar-refractivity contribution in [3.05, 3.63) is 30.3 Å². The number of hydrogen-bond acceptors (Lipinski definition) is 3. The van der Waals surface area contributed by atoms with Gasteiger partial charge in [0.05, 0.1) is 13.2 Å². The minimum Gasteiger partial charge on any atom is -0.379 e. The molecule has 1 saturated heterocycles. The number of amides is 2. The molecule has 1 aromatic carbocycles. The highest BCUT2D eigenvalue weighted by Gasteiger charge is 2.09. The molecule has 1 aliphatic rings. The number of benzene rings is 1. The molecule has 1 radical (unpaired) electrons. The predicted molar refractivity (Wildman–Crippen MR) is 69.6 cm³/mol. The maximum Gasteiger partial charge on any atom is 0.319 e. The number of hydrogen-bond donors (Lipinski definition) is 2. The predicted octanol–water partition coefficient (Wildman–Crippen LogP) is 0.940. The standard InChI is InChI=1S/C13H18N3O2/c17-13(15-12-4-2-1-3-5-12)14-6-7-16-8-10-18-11-9-16/h2-5H,6-11H2,(H2,14,15,17). The smallest absolute Gasteiger partial charge is 0.319 e. The highest BCUT2D eigenvalue weighted by Crippen LogP contribution is 2.03. The Kier molecular flexibility index (Phi) is 4.99. The number of carbonyl (C=O) groups excluding carboxylic acids is 1. The number of rotatable bonds is 4. The Bertz CT molecular complexity index is 364. The Morgan fingerprint density at radius 2 is 2.06 bits per heavy atom. The first-order valence-corrected chi connectivity index (χ1v) is 6.16. The van der Waals surface area contributed by atoms with Gasteiger partial charge in [-0.1, -0.05) is 12.1 Å². The van der Waals surface area contributed by atoms with Gasteiger partial charge in [-0.05, 0) is 18.2 Å². The summed E-state index contributed by atoms with van der Waals surface area (Å²) in [6.07, 6.45) is 0. The molecule has 2 rings (SSSR count). The van der Waals surface area contributed by atoms with Crippen molar-refractivity contribution >= 4 is 11.7 Å². The van der Waals surface area contributed by atoms with E-state index in [1.165, 1.54) is 0 Å². The van der Waals surface area contributed by atoms with E-state index in [-0.39, 0.29) is 6.03 Å². The molecule has 0 aliphatic carbocycles. The molecule has 0 spiro atoms. The maximum absolute atomic E-state index is 11.6. The van der Waals surface area contributed by atoms with Gasteiger partial charge in [-0.25, -0.2) is 4.79 Å². The van der Waals surface area contributed by atoms with Gasteiger partial charge in [0.25, 0.3) is 0 Å². The first kappa shape index (κ1) is 12.9. The molecule has 5 heteroatoms. The number of morpholine rings is 1. The summed E-state index contributed by atoms with van der Waals surface area (Å²) in [6, 6.07) is 9.88. The van der Waals surface area contributed by atoms with Gasteiger partial charge in [0.15, 0.2) is 0 Å².